The Kier molecular flexibility index (Phi) is 4.09. The summed E-state index contributed by atoms with van der Waals surface area (Å²) in [5.41, 5.74) is -0.453. The highest BCUT2D eigenvalue weighted by Crippen LogP contribution is 2.28. The summed E-state index contributed by atoms with van der Waals surface area (Å²) < 4.78 is 26.7. The molecule has 0 atom stereocenters. The van der Waals surface area contributed by atoms with Crippen LogP contribution >= 0.6 is 15.9 Å². The van der Waals surface area contributed by atoms with Crippen LogP contribution in [0.25, 0.3) is 0 Å². The fourth-order valence-corrected chi connectivity index (χ4v) is 3.11. The molecule has 1 aromatic carbocycles. The number of rotatable bonds is 4. The normalized spacial score (nSPS) is 11.1. The van der Waals surface area contributed by atoms with Gasteiger partial charge in [0.2, 0.25) is 5.56 Å². The number of aromatic amines is 1. The molecule has 0 fully saturated rings. The van der Waals surface area contributed by atoms with Crippen molar-refractivity contribution >= 4 is 37.3 Å². The number of nitrogens with one attached hydrogen (secondary N) is 2. The molecular formula is C11H8BrN3O5S. The first kappa shape index (κ1) is 15.2. The number of sulfonamides is 1. The summed E-state index contributed by atoms with van der Waals surface area (Å²) in [5.74, 6) is 0. The van der Waals surface area contributed by atoms with Gasteiger partial charge in [-0.15, -0.1) is 0 Å². The largest absolute Gasteiger partial charge is 0.328 e. The summed E-state index contributed by atoms with van der Waals surface area (Å²) in [4.78, 5) is 23.1. The number of hydrogen-bond donors (Lipinski definition) is 2. The van der Waals surface area contributed by atoms with Crippen LogP contribution in [-0.4, -0.2) is 18.3 Å². The zero-order chi connectivity index (χ0) is 15.6. The molecule has 8 nitrogen and oxygen atoms in total. The number of nitro groups is 1. The molecule has 0 unspecified atom stereocenters. The smallest absolute Gasteiger partial charge is 0.270 e. The van der Waals surface area contributed by atoms with Gasteiger partial charge in [-0.3, -0.25) is 19.6 Å². The Morgan fingerprint density at radius 1 is 1.24 bits per heavy atom. The number of nitro benzene ring substituents is 1. The molecule has 0 bridgehead atoms. The van der Waals surface area contributed by atoms with E-state index in [0.29, 0.717) is 0 Å². The minimum absolute atomic E-state index is 0.132. The quantitative estimate of drug-likeness (QED) is 0.625. The zero-order valence-corrected chi connectivity index (χ0v) is 12.6. The van der Waals surface area contributed by atoms with E-state index in [1.54, 1.807) is 0 Å². The molecular weight excluding hydrogens is 366 g/mol. The number of hydrogen-bond acceptors (Lipinski definition) is 5. The Balaban J connectivity index is 2.35. The summed E-state index contributed by atoms with van der Waals surface area (Å²) in [6, 6.07) is 5.87. The second-order valence-corrected chi connectivity index (χ2v) is 6.45. The maximum atomic E-state index is 12.1. The predicted octanol–water partition coefficient (Wildman–Crippen LogP) is 1.85. The average molecular weight is 374 g/mol. The van der Waals surface area contributed by atoms with E-state index in [9.17, 15) is 23.3 Å². The van der Waals surface area contributed by atoms with Gasteiger partial charge in [0, 0.05) is 28.9 Å². The standard InChI is InChI=1S/C11H8BrN3O5S/c12-9-5-7(15(17)18)1-3-10(9)14-21(19,20)8-2-4-11(16)13-6-8/h1-6,14H,(H,13,16). The van der Waals surface area contributed by atoms with Gasteiger partial charge in [-0.1, -0.05) is 0 Å². The third kappa shape index (κ3) is 3.47. The summed E-state index contributed by atoms with van der Waals surface area (Å²) in [6.07, 6.45) is 1.06. The minimum atomic E-state index is -3.91. The van der Waals surface area contributed by atoms with E-state index in [1.807, 2.05) is 0 Å². The van der Waals surface area contributed by atoms with Gasteiger partial charge >= 0.3 is 0 Å². The highest BCUT2D eigenvalue weighted by atomic mass is 79.9. The molecule has 110 valence electrons. The van der Waals surface area contributed by atoms with Crippen LogP contribution in [0.1, 0.15) is 0 Å². The molecule has 0 amide bonds. The van der Waals surface area contributed by atoms with E-state index >= 15 is 0 Å². The molecule has 1 heterocycles. The predicted molar refractivity (Wildman–Crippen MR) is 78.7 cm³/mol. The average Bonchev–Trinajstić information content (AvgIpc) is 2.41. The molecule has 0 radical (unpaired) electrons. The molecule has 2 N–H and O–H groups in total. The van der Waals surface area contributed by atoms with Gasteiger partial charge in [0.1, 0.15) is 4.90 Å². The summed E-state index contributed by atoms with van der Waals surface area (Å²) in [7, 11) is -3.91. The Hall–Kier alpha value is -2.20. The van der Waals surface area contributed by atoms with Crippen LogP contribution < -0.4 is 10.3 Å². The van der Waals surface area contributed by atoms with Gasteiger partial charge in [0.15, 0.2) is 0 Å². The number of halogens is 1. The molecule has 0 aliphatic rings. The second kappa shape index (κ2) is 5.66. The molecule has 0 aliphatic heterocycles. The van der Waals surface area contributed by atoms with Crippen molar-refractivity contribution in [1.82, 2.24) is 4.98 Å². The molecule has 1 aromatic heterocycles. The lowest BCUT2D eigenvalue weighted by Gasteiger charge is -2.09. The molecule has 0 aliphatic carbocycles. The highest BCUT2D eigenvalue weighted by Gasteiger charge is 2.17. The number of pyridine rings is 1. The second-order valence-electron chi connectivity index (χ2n) is 3.92. The Labute approximate surface area is 127 Å². The van der Waals surface area contributed by atoms with Crippen LogP contribution in [0.3, 0.4) is 0 Å². The van der Waals surface area contributed by atoms with E-state index in [1.165, 1.54) is 18.2 Å². The first-order valence-corrected chi connectivity index (χ1v) is 7.73. The lowest BCUT2D eigenvalue weighted by Crippen LogP contribution is -2.15. The third-order valence-corrected chi connectivity index (χ3v) is 4.49. The van der Waals surface area contributed by atoms with Gasteiger partial charge < -0.3 is 4.98 Å². The minimum Gasteiger partial charge on any atom is -0.328 e. The fraction of sp³-hybridized carbons (Fsp3) is 0. The van der Waals surface area contributed by atoms with Crippen molar-refractivity contribution in [3.63, 3.8) is 0 Å². The van der Waals surface area contributed by atoms with Crippen molar-refractivity contribution < 1.29 is 13.3 Å². The first-order valence-electron chi connectivity index (χ1n) is 5.45. The lowest BCUT2D eigenvalue weighted by atomic mass is 10.3. The highest BCUT2D eigenvalue weighted by molar-refractivity contribution is 9.10. The third-order valence-electron chi connectivity index (χ3n) is 2.47. The number of nitrogens with zero attached hydrogens (tertiary/aromatic N) is 1. The topological polar surface area (TPSA) is 122 Å². The lowest BCUT2D eigenvalue weighted by molar-refractivity contribution is -0.384. The van der Waals surface area contributed by atoms with Crippen molar-refractivity contribution in [3.05, 3.63) is 61.5 Å². The van der Waals surface area contributed by atoms with Crippen molar-refractivity contribution in [2.75, 3.05) is 4.72 Å². The summed E-state index contributed by atoms with van der Waals surface area (Å²) in [5, 5.41) is 10.6. The molecule has 0 saturated heterocycles. The van der Waals surface area contributed by atoms with Gasteiger partial charge in [0.05, 0.1) is 10.6 Å². The summed E-state index contributed by atoms with van der Waals surface area (Å²) >= 11 is 3.06. The van der Waals surface area contributed by atoms with Crippen molar-refractivity contribution in [1.29, 1.82) is 0 Å². The van der Waals surface area contributed by atoms with Crippen LogP contribution in [-0.2, 0) is 10.0 Å². The van der Waals surface area contributed by atoms with Crippen molar-refractivity contribution in [3.8, 4) is 0 Å². The van der Waals surface area contributed by atoms with Crippen LogP contribution in [0.5, 0.6) is 0 Å². The Morgan fingerprint density at radius 3 is 2.48 bits per heavy atom. The van der Waals surface area contributed by atoms with Crippen LogP contribution in [0, 0.1) is 10.1 Å². The van der Waals surface area contributed by atoms with E-state index in [0.717, 1.165) is 18.3 Å². The van der Waals surface area contributed by atoms with Gasteiger partial charge in [0.25, 0.3) is 15.7 Å². The molecule has 10 heteroatoms. The summed E-state index contributed by atoms with van der Waals surface area (Å²) in [6.45, 7) is 0. The monoisotopic (exact) mass is 373 g/mol. The molecule has 0 spiro atoms. The molecule has 2 aromatic rings. The van der Waals surface area contributed by atoms with E-state index < -0.39 is 20.5 Å². The number of anilines is 1. The molecule has 21 heavy (non-hydrogen) atoms. The maximum Gasteiger partial charge on any atom is 0.270 e. The molecule has 0 saturated carbocycles. The number of H-pyrrole nitrogens is 1. The fourth-order valence-electron chi connectivity index (χ4n) is 1.47. The van der Waals surface area contributed by atoms with E-state index in [2.05, 4.69) is 25.6 Å². The van der Waals surface area contributed by atoms with E-state index in [-0.39, 0.29) is 20.7 Å². The van der Waals surface area contributed by atoms with Crippen molar-refractivity contribution in [2.24, 2.45) is 0 Å². The van der Waals surface area contributed by atoms with Gasteiger partial charge in [-0.2, -0.15) is 0 Å². The van der Waals surface area contributed by atoms with Crippen LogP contribution in [0.2, 0.25) is 0 Å². The zero-order valence-electron chi connectivity index (χ0n) is 10.2. The number of non-ortho nitro benzene ring substituents is 1. The maximum absolute atomic E-state index is 12.1. The van der Waals surface area contributed by atoms with Crippen molar-refractivity contribution in [2.45, 2.75) is 4.90 Å². The molecule has 2 rings (SSSR count). The van der Waals surface area contributed by atoms with Gasteiger partial charge in [-0.05, 0) is 28.1 Å². The van der Waals surface area contributed by atoms with Crippen LogP contribution in [0.15, 0.2) is 50.7 Å². The SMILES string of the molecule is O=c1ccc(S(=O)(=O)Nc2ccc([N+](=O)[O-])cc2Br)c[nH]1. The van der Waals surface area contributed by atoms with Crippen LogP contribution in [0.4, 0.5) is 11.4 Å². The van der Waals surface area contributed by atoms with E-state index in [4.69, 9.17) is 0 Å². The van der Waals surface area contributed by atoms with Gasteiger partial charge in [-0.25, -0.2) is 8.42 Å². The number of benzene rings is 1. The Bertz CT molecular complexity index is 842. The first-order chi connectivity index (χ1) is 9.79. The number of aromatic nitrogens is 1. The Morgan fingerprint density at radius 2 is 1.95 bits per heavy atom.